The molecule has 1 aliphatic rings. The Kier molecular flexibility index (Phi) is 6.94. The number of likely N-dealkylation sites (tertiary alicyclic amines) is 1. The molecule has 25 heavy (non-hydrogen) atoms. The van der Waals surface area contributed by atoms with Gasteiger partial charge in [-0.2, -0.15) is 0 Å². The van der Waals surface area contributed by atoms with E-state index in [9.17, 15) is 8.78 Å². The highest BCUT2D eigenvalue weighted by molar-refractivity contribution is 5.85. The summed E-state index contributed by atoms with van der Waals surface area (Å²) < 4.78 is 26.6. The molecule has 2 N–H and O–H groups in total. The molecule has 1 heterocycles. The van der Waals surface area contributed by atoms with Gasteiger partial charge in [-0.15, -0.1) is 12.4 Å². The fraction of sp³-hybridized carbons (Fsp3) is 0.400. The molecule has 0 aliphatic carbocycles. The summed E-state index contributed by atoms with van der Waals surface area (Å²) >= 11 is 0. The van der Waals surface area contributed by atoms with E-state index in [1.165, 1.54) is 24.3 Å². The SMILES string of the molecule is CC(N)C1CCN(CC(c2ccc(F)cc2)c2ccc(F)cc2)C1.Cl. The van der Waals surface area contributed by atoms with Crippen LogP contribution in [-0.4, -0.2) is 30.6 Å². The van der Waals surface area contributed by atoms with Gasteiger partial charge in [-0.05, 0) is 61.2 Å². The molecule has 2 aromatic carbocycles. The highest BCUT2D eigenvalue weighted by Crippen LogP contribution is 2.29. The largest absolute Gasteiger partial charge is 0.328 e. The number of rotatable bonds is 5. The van der Waals surface area contributed by atoms with Gasteiger partial charge < -0.3 is 10.6 Å². The third-order valence-electron chi connectivity index (χ3n) is 5.04. The summed E-state index contributed by atoms with van der Waals surface area (Å²) in [5, 5.41) is 0. The molecule has 2 nitrogen and oxygen atoms in total. The first-order chi connectivity index (χ1) is 11.5. The summed E-state index contributed by atoms with van der Waals surface area (Å²) in [7, 11) is 0. The average Bonchev–Trinajstić information content (AvgIpc) is 3.04. The zero-order valence-corrected chi connectivity index (χ0v) is 15.2. The number of nitrogens with two attached hydrogens (primary N) is 1. The van der Waals surface area contributed by atoms with Crippen LogP contribution in [0.15, 0.2) is 48.5 Å². The van der Waals surface area contributed by atoms with Crippen molar-refractivity contribution in [2.24, 2.45) is 11.7 Å². The number of nitrogens with zero attached hydrogens (tertiary/aromatic N) is 1. The van der Waals surface area contributed by atoms with Crippen molar-refractivity contribution >= 4 is 12.4 Å². The minimum absolute atomic E-state index is 0. The van der Waals surface area contributed by atoms with E-state index in [2.05, 4.69) is 11.8 Å². The molecular weight excluding hydrogens is 342 g/mol. The molecule has 0 bridgehead atoms. The molecule has 2 aromatic rings. The topological polar surface area (TPSA) is 29.3 Å². The molecule has 0 amide bonds. The Labute approximate surface area is 154 Å². The van der Waals surface area contributed by atoms with Gasteiger partial charge in [0.2, 0.25) is 0 Å². The van der Waals surface area contributed by atoms with E-state index in [0.29, 0.717) is 5.92 Å². The third-order valence-corrected chi connectivity index (χ3v) is 5.04. The molecule has 2 unspecified atom stereocenters. The summed E-state index contributed by atoms with van der Waals surface area (Å²) in [5.41, 5.74) is 8.13. The van der Waals surface area contributed by atoms with Crippen LogP contribution in [0.5, 0.6) is 0 Å². The number of halogens is 3. The monoisotopic (exact) mass is 366 g/mol. The van der Waals surface area contributed by atoms with Crippen LogP contribution in [0.4, 0.5) is 8.78 Å². The fourth-order valence-corrected chi connectivity index (χ4v) is 3.51. The van der Waals surface area contributed by atoms with E-state index in [0.717, 1.165) is 37.2 Å². The van der Waals surface area contributed by atoms with Crippen LogP contribution in [0.25, 0.3) is 0 Å². The first-order valence-corrected chi connectivity index (χ1v) is 8.52. The molecule has 0 spiro atoms. The molecule has 2 atom stereocenters. The Morgan fingerprint density at radius 3 is 1.88 bits per heavy atom. The van der Waals surface area contributed by atoms with Gasteiger partial charge in [0.25, 0.3) is 0 Å². The van der Waals surface area contributed by atoms with E-state index < -0.39 is 0 Å². The lowest BCUT2D eigenvalue weighted by Crippen LogP contribution is -2.32. The fourth-order valence-electron chi connectivity index (χ4n) is 3.51. The second-order valence-corrected chi connectivity index (χ2v) is 6.82. The maximum absolute atomic E-state index is 13.3. The van der Waals surface area contributed by atoms with Crippen LogP contribution in [-0.2, 0) is 0 Å². The highest BCUT2D eigenvalue weighted by atomic mass is 35.5. The molecule has 5 heteroatoms. The van der Waals surface area contributed by atoms with Gasteiger partial charge in [0.05, 0.1) is 0 Å². The second kappa shape index (κ2) is 8.75. The Morgan fingerprint density at radius 1 is 1.00 bits per heavy atom. The molecule has 1 saturated heterocycles. The number of hydrogen-bond donors (Lipinski definition) is 1. The van der Waals surface area contributed by atoms with Crippen molar-refractivity contribution < 1.29 is 8.78 Å². The predicted molar refractivity (Wildman–Crippen MR) is 100 cm³/mol. The van der Waals surface area contributed by atoms with Crippen molar-refractivity contribution in [3.05, 3.63) is 71.3 Å². The van der Waals surface area contributed by atoms with Crippen molar-refractivity contribution in [1.29, 1.82) is 0 Å². The Morgan fingerprint density at radius 2 is 1.48 bits per heavy atom. The summed E-state index contributed by atoms with van der Waals surface area (Å²) in [6.45, 7) is 4.90. The first-order valence-electron chi connectivity index (χ1n) is 8.52. The average molecular weight is 367 g/mol. The van der Waals surface area contributed by atoms with Crippen molar-refractivity contribution in [3.63, 3.8) is 0 Å². The first kappa shape index (κ1) is 19.8. The Bertz CT molecular complexity index is 613. The van der Waals surface area contributed by atoms with Gasteiger partial charge in [0.15, 0.2) is 0 Å². The van der Waals surface area contributed by atoms with E-state index in [4.69, 9.17) is 5.73 Å². The maximum atomic E-state index is 13.3. The number of hydrogen-bond acceptors (Lipinski definition) is 2. The van der Waals surface area contributed by atoms with Crippen molar-refractivity contribution in [3.8, 4) is 0 Å². The highest BCUT2D eigenvalue weighted by Gasteiger charge is 2.28. The zero-order valence-electron chi connectivity index (χ0n) is 14.4. The predicted octanol–water partition coefficient (Wildman–Crippen LogP) is 4.19. The lowest BCUT2D eigenvalue weighted by atomic mass is 9.90. The Hall–Kier alpha value is -1.49. The molecule has 136 valence electrons. The maximum Gasteiger partial charge on any atom is 0.123 e. The normalized spacial score (nSPS) is 19.0. The van der Waals surface area contributed by atoms with E-state index in [1.807, 2.05) is 24.3 Å². The van der Waals surface area contributed by atoms with Crippen molar-refractivity contribution in [1.82, 2.24) is 4.90 Å². The van der Waals surface area contributed by atoms with Crippen LogP contribution < -0.4 is 5.73 Å². The van der Waals surface area contributed by atoms with Crippen LogP contribution in [0.3, 0.4) is 0 Å². The number of benzene rings is 2. The Balaban J connectivity index is 0.00000225. The third kappa shape index (κ3) is 5.00. The van der Waals surface area contributed by atoms with Gasteiger partial charge in [-0.1, -0.05) is 24.3 Å². The summed E-state index contributed by atoms with van der Waals surface area (Å²) in [6, 6.07) is 13.4. The molecule has 0 aromatic heterocycles. The minimum Gasteiger partial charge on any atom is -0.328 e. The molecule has 3 rings (SSSR count). The molecule has 0 saturated carbocycles. The summed E-state index contributed by atoms with van der Waals surface area (Å²) in [5.74, 6) is 0.134. The van der Waals surface area contributed by atoms with Gasteiger partial charge in [-0.3, -0.25) is 0 Å². The van der Waals surface area contributed by atoms with Crippen LogP contribution in [0.1, 0.15) is 30.4 Å². The van der Waals surface area contributed by atoms with Gasteiger partial charge in [0, 0.05) is 25.0 Å². The van der Waals surface area contributed by atoms with Crippen molar-refractivity contribution in [2.45, 2.75) is 25.3 Å². The summed E-state index contributed by atoms with van der Waals surface area (Å²) in [6.07, 6.45) is 1.11. The zero-order chi connectivity index (χ0) is 17.1. The van der Waals surface area contributed by atoms with Gasteiger partial charge in [0.1, 0.15) is 11.6 Å². The van der Waals surface area contributed by atoms with Gasteiger partial charge in [-0.25, -0.2) is 8.78 Å². The minimum atomic E-state index is -0.241. The van der Waals surface area contributed by atoms with Crippen LogP contribution >= 0.6 is 12.4 Å². The quantitative estimate of drug-likeness (QED) is 0.859. The van der Waals surface area contributed by atoms with E-state index in [1.54, 1.807) is 0 Å². The van der Waals surface area contributed by atoms with E-state index >= 15 is 0 Å². The van der Waals surface area contributed by atoms with Crippen LogP contribution in [0.2, 0.25) is 0 Å². The standard InChI is InChI=1S/C20H24F2N2.ClH/c1-14(23)17-10-11-24(12-17)13-20(15-2-6-18(21)7-3-15)16-4-8-19(22)9-5-16;/h2-9,14,17,20H,10-13,23H2,1H3;1H. The second-order valence-electron chi connectivity index (χ2n) is 6.82. The molecular formula is C20H25ClF2N2. The lowest BCUT2D eigenvalue weighted by Gasteiger charge is -2.25. The molecule has 1 fully saturated rings. The van der Waals surface area contributed by atoms with Crippen molar-refractivity contribution in [2.75, 3.05) is 19.6 Å². The van der Waals surface area contributed by atoms with E-state index in [-0.39, 0.29) is 36.0 Å². The molecule has 0 radical (unpaired) electrons. The smallest absolute Gasteiger partial charge is 0.123 e. The molecule has 1 aliphatic heterocycles. The van der Waals surface area contributed by atoms with Crippen LogP contribution in [0, 0.1) is 17.6 Å². The van der Waals surface area contributed by atoms with Gasteiger partial charge >= 0.3 is 0 Å². The summed E-state index contributed by atoms with van der Waals surface area (Å²) in [4.78, 5) is 2.41. The lowest BCUT2D eigenvalue weighted by molar-refractivity contribution is 0.306.